The fraction of sp³-hybridized carbons (Fsp3) is 0.100. The van der Waals surface area contributed by atoms with Gasteiger partial charge in [0.25, 0.3) is 0 Å². The van der Waals surface area contributed by atoms with Gasteiger partial charge in [0.05, 0.1) is 0 Å². The van der Waals surface area contributed by atoms with E-state index in [-0.39, 0.29) is 27.9 Å². The molecule has 2 aromatic carbocycles. The van der Waals surface area contributed by atoms with Gasteiger partial charge in [-0.1, -0.05) is 60.7 Å². The third-order valence-electron chi connectivity index (χ3n) is 4.31. The minimum Gasteiger partial charge on any atom is -0.790 e. The zero-order chi connectivity index (χ0) is 21.8. The van der Waals surface area contributed by atoms with E-state index in [2.05, 4.69) is 9.97 Å². The molecule has 0 amide bonds. The first-order valence-electron chi connectivity index (χ1n) is 8.93. The molecule has 2 aromatic heterocycles. The molecule has 0 bridgehead atoms. The van der Waals surface area contributed by atoms with Gasteiger partial charge in [-0.25, -0.2) is 9.97 Å². The minimum absolute atomic E-state index is 0. The molecule has 0 N–H and O–H groups in total. The van der Waals surface area contributed by atoms with Gasteiger partial charge in [0, 0.05) is 49.5 Å². The molecule has 31 heavy (non-hydrogen) atoms. The Bertz CT molecular complexity index is 1120. The van der Waals surface area contributed by atoms with Crippen LogP contribution in [0.1, 0.15) is 0 Å². The van der Waals surface area contributed by atoms with Crippen molar-refractivity contribution in [3.8, 4) is 0 Å². The molecule has 2 unspecified atom stereocenters. The molecule has 2 heterocycles. The van der Waals surface area contributed by atoms with Crippen LogP contribution >= 0.6 is 14.7 Å². The van der Waals surface area contributed by atoms with Crippen LogP contribution < -0.4 is 31.5 Å². The van der Waals surface area contributed by atoms with E-state index in [9.17, 15) is 18.9 Å². The number of hydrogen-bond acceptors (Lipinski definition) is 6. The molecule has 2 atom stereocenters. The van der Waals surface area contributed by atoms with Gasteiger partial charge in [0.15, 0.2) is 11.1 Å². The quantitative estimate of drug-likeness (QED) is 0.364. The molecule has 0 saturated carbocycles. The standard InChI is InChI=1S/2C10H11N2O2P.Co/c2*1-12-8-7-11-10(12)15(13,14)9-5-3-2-4-6-9;/h2*2-8H,1H3,(H,13,14);/q;;+2/p-2. The molecule has 0 aliphatic carbocycles. The molecule has 8 nitrogen and oxygen atoms in total. The third kappa shape index (κ3) is 5.52. The van der Waals surface area contributed by atoms with Crippen LogP contribution in [0.2, 0.25) is 0 Å². The molecule has 163 valence electrons. The zero-order valence-corrected chi connectivity index (χ0v) is 19.6. The maximum absolute atomic E-state index is 12.1. The van der Waals surface area contributed by atoms with E-state index < -0.39 is 14.7 Å². The summed E-state index contributed by atoms with van der Waals surface area (Å²) in [5.74, 6) is 0. The van der Waals surface area contributed by atoms with Crippen LogP contribution in [0.3, 0.4) is 0 Å². The monoisotopic (exact) mass is 501 g/mol. The van der Waals surface area contributed by atoms with Crippen molar-refractivity contribution < 1.29 is 35.7 Å². The van der Waals surface area contributed by atoms with E-state index in [1.807, 2.05) is 0 Å². The summed E-state index contributed by atoms with van der Waals surface area (Å²) in [5, 5.41) is 0.582. The van der Waals surface area contributed by atoms with Crippen molar-refractivity contribution in [2.45, 2.75) is 0 Å². The van der Waals surface area contributed by atoms with Crippen molar-refractivity contribution in [3.63, 3.8) is 0 Å². The van der Waals surface area contributed by atoms with Crippen LogP contribution in [0.25, 0.3) is 0 Å². The molecule has 0 spiro atoms. The molecule has 11 heteroatoms. The molecular weight excluding hydrogens is 481 g/mol. The van der Waals surface area contributed by atoms with E-state index in [0.717, 1.165) is 0 Å². The average Bonchev–Trinajstić information content (AvgIpc) is 3.38. The van der Waals surface area contributed by atoms with Crippen LogP contribution in [-0.4, -0.2) is 19.1 Å². The Balaban J connectivity index is 0.000000213. The summed E-state index contributed by atoms with van der Waals surface area (Å²) >= 11 is 0. The second-order valence-electron chi connectivity index (χ2n) is 6.45. The van der Waals surface area contributed by atoms with Crippen molar-refractivity contribution in [2.75, 3.05) is 0 Å². The summed E-state index contributed by atoms with van der Waals surface area (Å²) in [5.41, 5.74) is 0.183. The Labute approximate surface area is 190 Å². The number of hydrogen-bond donors (Lipinski definition) is 0. The Hall–Kier alpha value is -2.25. The van der Waals surface area contributed by atoms with E-state index in [1.54, 1.807) is 87.2 Å². The number of aryl methyl sites for hydroxylation is 2. The second kappa shape index (κ2) is 10.4. The Kier molecular flexibility index (Phi) is 8.37. The van der Waals surface area contributed by atoms with E-state index in [0.29, 0.717) is 10.6 Å². The molecule has 0 saturated heterocycles. The van der Waals surface area contributed by atoms with Gasteiger partial charge in [-0.2, -0.15) is 0 Å². The average molecular weight is 501 g/mol. The van der Waals surface area contributed by atoms with Crippen LogP contribution in [0.15, 0.2) is 85.5 Å². The number of rotatable bonds is 4. The summed E-state index contributed by atoms with van der Waals surface area (Å²) in [6.07, 6.45) is 6.18. The van der Waals surface area contributed by atoms with Crippen molar-refractivity contribution in [3.05, 3.63) is 85.5 Å². The van der Waals surface area contributed by atoms with Gasteiger partial charge in [0.1, 0.15) is 14.7 Å². The number of nitrogens with zero attached hydrogens (tertiary/aromatic N) is 4. The van der Waals surface area contributed by atoms with Gasteiger partial charge in [-0.05, 0) is 0 Å². The van der Waals surface area contributed by atoms with Crippen molar-refractivity contribution in [1.29, 1.82) is 0 Å². The minimum atomic E-state index is -3.79. The number of benzene rings is 2. The maximum Gasteiger partial charge on any atom is 2.00 e. The zero-order valence-electron chi connectivity index (χ0n) is 16.7. The number of aromatic nitrogens is 4. The fourth-order valence-electron chi connectivity index (χ4n) is 2.76. The summed E-state index contributed by atoms with van der Waals surface area (Å²) in [4.78, 5) is 31.8. The predicted octanol–water partition coefficient (Wildman–Crippen LogP) is 0.0161. The Morgan fingerprint density at radius 3 is 1.26 bits per heavy atom. The second-order valence-corrected chi connectivity index (χ2v) is 10.5. The van der Waals surface area contributed by atoms with Gasteiger partial charge in [-0.15, -0.1) is 0 Å². The van der Waals surface area contributed by atoms with Gasteiger partial charge < -0.3 is 28.1 Å². The SMILES string of the molecule is Cn1ccnc1P(=O)([O-])c1ccccc1.Cn1ccnc1P(=O)([O-])c1ccccc1.[Co+2]. The number of imidazole rings is 2. The first-order chi connectivity index (χ1) is 14.2. The molecule has 0 fully saturated rings. The Morgan fingerprint density at radius 1 is 0.677 bits per heavy atom. The molecule has 0 aliphatic heterocycles. The summed E-state index contributed by atoms with van der Waals surface area (Å²) in [7, 11) is -4.25. The predicted molar refractivity (Wildman–Crippen MR) is 113 cm³/mol. The fourth-order valence-corrected chi connectivity index (χ4v) is 5.75. The van der Waals surface area contributed by atoms with Crippen LogP contribution in [0.5, 0.6) is 0 Å². The van der Waals surface area contributed by atoms with Crippen LogP contribution in [-0.2, 0) is 40.0 Å². The topological polar surface area (TPSA) is 116 Å². The van der Waals surface area contributed by atoms with Crippen LogP contribution in [0.4, 0.5) is 0 Å². The largest absolute Gasteiger partial charge is 2.00 e. The summed E-state index contributed by atoms with van der Waals surface area (Å²) in [6, 6.07) is 16.6. The summed E-state index contributed by atoms with van der Waals surface area (Å²) < 4.78 is 27.1. The first-order valence-corrected chi connectivity index (χ1v) is 12.2. The maximum atomic E-state index is 12.1. The molecule has 4 aromatic rings. The first kappa shape index (κ1) is 25.0. The van der Waals surface area contributed by atoms with E-state index in [4.69, 9.17) is 0 Å². The van der Waals surface area contributed by atoms with E-state index >= 15 is 0 Å². The van der Waals surface area contributed by atoms with Gasteiger partial charge in [0.2, 0.25) is 0 Å². The van der Waals surface area contributed by atoms with Crippen molar-refractivity contribution >= 4 is 36.5 Å². The Morgan fingerprint density at radius 2 is 1.00 bits per heavy atom. The normalized spacial score (nSPS) is 14.3. The van der Waals surface area contributed by atoms with Gasteiger partial charge in [-0.3, -0.25) is 0 Å². The molecular formula is C20H20CoN4O4P2. The smallest absolute Gasteiger partial charge is 0.790 e. The molecule has 1 radical (unpaired) electrons. The van der Waals surface area contributed by atoms with Crippen molar-refractivity contribution in [2.24, 2.45) is 14.1 Å². The molecule has 4 rings (SSSR count). The van der Waals surface area contributed by atoms with Gasteiger partial charge >= 0.3 is 16.8 Å². The van der Waals surface area contributed by atoms with Crippen LogP contribution in [0, 0.1) is 0 Å². The third-order valence-corrected chi connectivity index (χ3v) is 8.18. The molecule has 0 aliphatic rings. The summed E-state index contributed by atoms with van der Waals surface area (Å²) in [6.45, 7) is 0. The van der Waals surface area contributed by atoms with Crippen molar-refractivity contribution in [1.82, 2.24) is 19.1 Å². The van der Waals surface area contributed by atoms with E-state index in [1.165, 1.54) is 21.5 Å².